The molecule has 0 aliphatic carbocycles. The van der Waals surface area contributed by atoms with Gasteiger partial charge in [-0.1, -0.05) is 11.8 Å². The quantitative estimate of drug-likeness (QED) is 0.840. The van der Waals surface area contributed by atoms with Gasteiger partial charge in [0.25, 0.3) is 5.91 Å². The molecule has 0 aliphatic heterocycles. The molecule has 4 heteroatoms. The Morgan fingerprint density at radius 2 is 2.05 bits per heavy atom. The van der Waals surface area contributed by atoms with Gasteiger partial charge in [0.05, 0.1) is 18.4 Å². The van der Waals surface area contributed by atoms with Gasteiger partial charge in [0.1, 0.15) is 0 Å². The van der Waals surface area contributed by atoms with Crippen molar-refractivity contribution < 1.29 is 4.79 Å². The number of aromatic nitrogens is 1. The van der Waals surface area contributed by atoms with Gasteiger partial charge in [-0.25, -0.2) is 0 Å². The van der Waals surface area contributed by atoms with Gasteiger partial charge in [0.2, 0.25) is 0 Å². The summed E-state index contributed by atoms with van der Waals surface area (Å²) in [5.74, 6) is 5.61. The fourth-order valence-corrected chi connectivity index (χ4v) is 1.71. The normalized spacial score (nSPS) is 9.50. The average molecular weight is 265 g/mol. The van der Waals surface area contributed by atoms with Gasteiger partial charge < -0.3 is 10.6 Å². The van der Waals surface area contributed by atoms with Crippen LogP contribution in [-0.4, -0.2) is 24.5 Å². The van der Waals surface area contributed by atoms with Crippen LogP contribution in [0.15, 0.2) is 48.8 Å². The molecule has 4 nitrogen and oxygen atoms in total. The van der Waals surface area contributed by atoms with E-state index < -0.39 is 0 Å². The van der Waals surface area contributed by atoms with E-state index in [1.807, 2.05) is 18.2 Å². The van der Waals surface area contributed by atoms with Gasteiger partial charge in [-0.3, -0.25) is 9.78 Å². The predicted molar refractivity (Wildman–Crippen MR) is 79.3 cm³/mol. The molecule has 0 atom stereocenters. The predicted octanol–water partition coefficient (Wildman–Crippen LogP) is 1.67. The average Bonchev–Trinajstić information content (AvgIpc) is 2.53. The van der Waals surface area contributed by atoms with Crippen LogP contribution < -0.4 is 10.6 Å². The monoisotopic (exact) mass is 265 g/mol. The van der Waals surface area contributed by atoms with Crippen molar-refractivity contribution in [2.24, 2.45) is 5.73 Å². The number of pyridine rings is 1. The first-order valence-electron chi connectivity index (χ1n) is 6.19. The fourth-order valence-electron chi connectivity index (χ4n) is 1.71. The summed E-state index contributed by atoms with van der Waals surface area (Å²) in [7, 11) is 1.72. The molecular formula is C16H15N3O. The molecule has 1 heterocycles. The number of carbonyl (C=O) groups excluding carboxylic acids is 1. The lowest BCUT2D eigenvalue weighted by atomic mass is 10.1. The van der Waals surface area contributed by atoms with E-state index >= 15 is 0 Å². The van der Waals surface area contributed by atoms with Crippen molar-refractivity contribution in [3.05, 3.63) is 59.9 Å². The highest BCUT2D eigenvalue weighted by atomic mass is 16.2. The van der Waals surface area contributed by atoms with E-state index in [1.54, 1.807) is 42.5 Å². The van der Waals surface area contributed by atoms with Gasteiger partial charge in [0.15, 0.2) is 0 Å². The summed E-state index contributed by atoms with van der Waals surface area (Å²) in [4.78, 5) is 17.9. The molecule has 1 aromatic heterocycles. The molecule has 0 spiro atoms. The van der Waals surface area contributed by atoms with Crippen molar-refractivity contribution in [1.82, 2.24) is 4.98 Å². The van der Waals surface area contributed by atoms with Crippen LogP contribution in [-0.2, 0) is 0 Å². The molecule has 100 valence electrons. The maximum absolute atomic E-state index is 12.3. The van der Waals surface area contributed by atoms with Crippen molar-refractivity contribution in [3.63, 3.8) is 0 Å². The molecule has 0 saturated carbocycles. The Balaban J connectivity index is 2.17. The highest BCUT2D eigenvalue weighted by Crippen LogP contribution is 2.14. The minimum atomic E-state index is -0.0867. The maximum Gasteiger partial charge on any atom is 0.258 e. The molecule has 20 heavy (non-hydrogen) atoms. The van der Waals surface area contributed by atoms with E-state index in [0.717, 1.165) is 11.3 Å². The molecule has 2 N–H and O–H groups in total. The number of nitrogens with two attached hydrogens (primary N) is 1. The van der Waals surface area contributed by atoms with E-state index in [0.29, 0.717) is 12.1 Å². The van der Waals surface area contributed by atoms with Crippen LogP contribution in [0, 0.1) is 11.8 Å². The Kier molecular flexibility index (Phi) is 4.48. The van der Waals surface area contributed by atoms with Gasteiger partial charge >= 0.3 is 0 Å². The van der Waals surface area contributed by atoms with Crippen LogP contribution in [0.25, 0.3) is 0 Å². The topological polar surface area (TPSA) is 59.2 Å². The molecule has 0 saturated heterocycles. The molecular weight excluding hydrogens is 250 g/mol. The first kappa shape index (κ1) is 13.8. The third kappa shape index (κ3) is 3.22. The third-order valence-electron chi connectivity index (χ3n) is 2.80. The van der Waals surface area contributed by atoms with Gasteiger partial charge in [-0.15, -0.1) is 0 Å². The Labute approximate surface area is 118 Å². The summed E-state index contributed by atoms with van der Waals surface area (Å²) in [5.41, 5.74) is 7.52. The Hall–Kier alpha value is -2.64. The summed E-state index contributed by atoms with van der Waals surface area (Å²) >= 11 is 0. The van der Waals surface area contributed by atoms with Crippen molar-refractivity contribution in [3.8, 4) is 11.8 Å². The van der Waals surface area contributed by atoms with E-state index in [2.05, 4.69) is 16.8 Å². The summed E-state index contributed by atoms with van der Waals surface area (Å²) in [6.45, 7) is 0.324. The van der Waals surface area contributed by atoms with Crippen LogP contribution in [0.5, 0.6) is 0 Å². The molecule has 1 amide bonds. The van der Waals surface area contributed by atoms with Crippen LogP contribution >= 0.6 is 0 Å². The molecule has 1 aromatic carbocycles. The zero-order chi connectivity index (χ0) is 14.4. The maximum atomic E-state index is 12.3. The van der Waals surface area contributed by atoms with Crippen LogP contribution in [0.1, 0.15) is 15.9 Å². The van der Waals surface area contributed by atoms with Crippen molar-refractivity contribution in [1.29, 1.82) is 0 Å². The number of hydrogen-bond donors (Lipinski definition) is 1. The molecule has 0 fully saturated rings. The second kappa shape index (κ2) is 6.50. The third-order valence-corrected chi connectivity index (χ3v) is 2.80. The highest BCUT2D eigenvalue weighted by Gasteiger charge is 2.12. The number of nitrogens with zero attached hydrogens (tertiary/aromatic N) is 2. The molecule has 2 aromatic rings. The molecule has 0 bridgehead atoms. The van der Waals surface area contributed by atoms with E-state index in [1.165, 1.54) is 0 Å². The summed E-state index contributed by atoms with van der Waals surface area (Å²) in [5, 5.41) is 0. The largest absolute Gasteiger partial charge is 0.320 e. The molecule has 0 radical (unpaired) electrons. The van der Waals surface area contributed by atoms with Crippen molar-refractivity contribution >= 4 is 11.6 Å². The number of rotatable bonds is 2. The SMILES string of the molecule is CN(C(=O)c1ccc(C#CCN)cc1)c1cccnc1. The van der Waals surface area contributed by atoms with Crippen molar-refractivity contribution in [2.45, 2.75) is 0 Å². The summed E-state index contributed by atoms with van der Waals surface area (Å²) < 4.78 is 0. The first-order valence-corrected chi connectivity index (χ1v) is 6.19. The van der Waals surface area contributed by atoms with Crippen molar-refractivity contribution in [2.75, 3.05) is 18.5 Å². The van der Waals surface area contributed by atoms with Gasteiger partial charge in [-0.05, 0) is 36.4 Å². The number of carbonyl (C=O) groups is 1. The number of benzene rings is 1. The number of anilines is 1. The fraction of sp³-hybridized carbons (Fsp3) is 0.125. The minimum Gasteiger partial charge on any atom is -0.320 e. The molecule has 0 aliphatic rings. The van der Waals surface area contributed by atoms with Gasteiger partial charge in [0, 0.05) is 24.4 Å². The number of amides is 1. The van der Waals surface area contributed by atoms with E-state index in [9.17, 15) is 4.79 Å². The summed E-state index contributed by atoms with van der Waals surface area (Å²) in [6, 6.07) is 10.8. The second-order valence-electron chi connectivity index (χ2n) is 4.16. The highest BCUT2D eigenvalue weighted by molar-refractivity contribution is 6.05. The standard InChI is InChI=1S/C16H15N3O/c1-19(15-5-3-11-18-12-15)16(20)14-8-6-13(7-9-14)4-2-10-17/h3,5-9,11-12H,10,17H2,1H3. The lowest BCUT2D eigenvalue weighted by molar-refractivity contribution is 0.0993. The van der Waals surface area contributed by atoms with Crippen LogP contribution in [0.4, 0.5) is 5.69 Å². The van der Waals surface area contributed by atoms with E-state index in [4.69, 9.17) is 5.73 Å². The molecule has 0 unspecified atom stereocenters. The van der Waals surface area contributed by atoms with Crippen LogP contribution in [0.3, 0.4) is 0 Å². The lowest BCUT2D eigenvalue weighted by Crippen LogP contribution is -2.26. The minimum absolute atomic E-state index is 0.0867. The zero-order valence-corrected chi connectivity index (χ0v) is 11.2. The van der Waals surface area contributed by atoms with Gasteiger partial charge in [-0.2, -0.15) is 0 Å². The summed E-state index contributed by atoms with van der Waals surface area (Å²) in [6.07, 6.45) is 3.33. The Morgan fingerprint density at radius 1 is 1.30 bits per heavy atom. The first-order chi connectivity index (χ1) is 9.72. The van der Waals surface area contributed by atoms with E-state index in [-0.39, 0.29) is 5.91 Å². The lowest BCUT2D eigenvalue weighted by Gasteiger charge is -2.16. The number of hydrogen-bond acceptors (Lipinski definition) is 3. The Bertz CT molecular complexity index is 639. The second-order valence-corrected chi connectivity index (χ2v) is 4.16. The van der Waals surface area contributed by atoms with Crippen LogP contribution in [0.2, 0.25) is 0 Å². The molecule has 2 rings (SSSR count). The Morgan fingerprint density at radius 3 is 2.65 bits per heavy atom. The zero-order valence-electron chi connectivity index (χ0n) is 11.2. The smallest absolute Gasteiger partial charge is 0.258 e.